The Bertz CT molecular complexity index is 97.9. The summed E-state index contributed by atoms with van der Waals surface area (Å²) < 4.78 is 3.81. The molecule has 0 aliphatic rings. The second-order valence-corrected chi connectivity index (χ2v) is 10.4. The summed E-state index contributed by atoms with van der Waals surface area (Å²) in [5.41, 5.74) is 0. The molecule has 5 heteroatoms. The van der Waals surface area contributed by atoms with Crippen molar-refractivity contribution >= 4 is 67.1 Å². The molecular weight excluding hydrogens is 402 g/mol. The zero-order valence-corrected chi connectivity index (χ0v) is 9.85. The second-order valence-electron chi connectivity index (χ2n) is 0.989. The van der Waals surface area contributed by atoms with E-state index in [1.54, 1.807) is 0 Å². The van der Waals surface area contributed by atoms with Crippen molar-refractivity contribution in [1.29, 1.82) is 0 Å². The van der Waals surface area contributed by atoms with Gasteiger partial charge in [-0.1, -0.05) is 0 Å². The minimum Gasteiger partial charge on any atom is -0.467 e. The molecule has 0 radical (unpaired) electrons. The Kier molecular flexibility index (Phi) is 4.17. The van der Waals surface area contributed by atoms with Crippen molar-refractivity contribution in [2.75, 3.05) is 7.11 Å². The first-order valence-electron chi connectivity index (χ1n) is 1.63. The molecule has 0 unspecified atom stereocenters. The summed E-state index contributed by atoms with van der Waals surface area (Å²) in [5, 5.41) is 0. The number of carbonyl (C=O) groups is 1. The summed E-state index contributed by atoms with van der Waals surface area (Å²) in [5.74, 6) is -0.279. The average molecular weight is 405 g/mol. The van der Waals surface area contributed by atoms with E-state index >= 15 is 0 Å². The predicted octanol–water partition coefficient (Wildman–Crippen LogP) is 2.08. The van der Waals surface area contributed by atoms with E-state index in [1.165, 1.54) is 7.11 Å². The van der Waals surface area contributed by atoms with Gasteiger partial charge in [-0.2, -0.15) is 0 Å². The van der Waals surface area contributed by atoms with Crippen molar-refractivity contribution in [2.45, 2.75) is 0.338 Å². The molecule has 2 nitrogen and oxygen atoms in total. The van der Waals surface area contributed by atoms with Crippen LogP contribution in [0.15, 0.2) is 0 Å². The zero-order chi connectivity index (χ0) is 6.78. The largest absolute Gasteiger partial charge is 0.467 e. The molecule has 0 amide bonds. The topological polar surface area (TPSA) is 26.3 Å². The molecule has 0 bridgehead atoms. The van der Waals surface area contributed by atoms with Gasteiger partial charge in [0.15, 0.2) is 0 Å². The molecule has 8 heavy (non-hydrogen) atoms. The standard InChI is InChI=1S/C3H3BrI2O2/c1-8-2(7)3(4,5)6/h1H3. The number of halogens is 3. The lowest BCUT2D eigenvalue weighted by atomic mass is 10.8. The predicted molar refractivity (Wildman–Crippen MR) is 51.7 cm³/mol. The van der Waals surface area contributed by atoms with Gasteiger partial charge in [-0.15, -0.1) is 0 Å². The molecule has 0 rings (SSSR count). The van der Waals surface area contributed by atoms with Gasteiger partial charge >= 0.3 is 5.97 Å². The maximum Gasteiger partial charge on any atom is 0.342 e. The highest BCUT2D eigenvalue weighted by atomic mass is 127. The van der Waals surface area contributed by atoms with Crippen LogP contribution < -0.4 is 0 Å². The van der Waals surface area contributed by atoms with Gasteiger partial charge in [0.05, 0.1) is 7.11 Å². The van der Waals surface area contributed by atoms with Crippen molar-refractivity contribution in [3.05, 3.63) is 0 Å². The van der Waals surface area contributed by atoms with Crippen LogP contribution in [0.25, 0.3) is 0 Å². The van der Waals surface area contributed by atoms with E-state index in [2.05, 4.69) is 20.7 Å². The van der Waals surface area contributed by atoms with Crippen LogP contribution in [0.5, 0.6) is 0 Å². The van der Waals surface area contributed by atoms with Crippen LogP contribution in [0.3, 0.4) is 0 Å². The van der Waals surface area contributed by atoms with E-state index in [-0.39, 0.29) is 5.97 Å². The summed E-state index contributed by atoms with van der Waals surface area (Å²) in [4.78, 5) is 10.5. The van der Waals surface area contributed by atoms with Gasteiger partial charge in [0, 0.05) is 0 Å². The summed E-state index contributed by atoms with van der Waals surface area (Å²) in [6.07, 6.45) is 0. The van der Waals surface area contributed by atoms with Crippen LogP contribution >= 0.6 is 61.1 Å². The first kappa shape index (κ1) is 9.41. The molecule has 0 saturated heterocycles. The van der Waals surface area contributed by atoms with E-state index in [1.807, 2.05) is 45.2 Å². The maximum absolute atomic E-state index is 10.5. The number of hydrogen-bond donors (Lipinski definition) is 0. The average Bonchev–Trinajstić information content (AvgIpc) is 1.62. The van der Waals surface area contributed by atoms with Crippen LogP contribution in [0.2, 0.25) is 0 Å². The Balaban J connectivity index is 3.82. The fourth-order valence-electron chi connectivity index (χ4n) is 0.116. The number of alkyl halides is 3. The van der Waals surface area contributed by atoms with Crippen LogP contribution in [-0.2, 0) is 9.53 Å². The smallest absolute Gasteiger partial charge is 0.342 e. The number of ether oxygens (including phenoxy) is 1. The summed E-state index contributed by atoms with van der Waals surface area (Å²) >= 11 is 6.97. The summed E-state index contributed by atoms with van der Waals surface area (Å²) in [6, 6.07) is 0. The third-order valence-corrected chi connectivity index (χ3v) is 1.62. The molecular formula is C3H3BrI2O2. The lowest BCUT2D eigenvalue weighted by molar-refractivity contribution is -0.138. The van der Waals surface area contributed by atoms with Gasteiger partial charge in [-0.25, -0.2) is 4.79 Å². The Labute approximate surface area is 83.1 Å². The summed E-state index contributed by atoms with van der Waals surface area (Å²) in [7, 11) is 1.36. The first-order valence-corrected chi connectivity index (χ1v) is 4.58. The third-order valence-electron chi connectivity index (χ3n) is 0.417. The van der Waals surface area contributed by atoms with E-state index in [4.69, 9.17) is 0 Å². The monoisotopic (exact) mass is 404 g/mol. The van der Waals surface area contributed by atoms with Crippen molar-refractivity contribution < 1.29 is 9.53 Å². The maximum atomic E-state index is 10.5. The minimum atomic E-state index is -0.600. The fourth-order valence-corrected chi connectivity index (χ4v) is 0.718. The number of rotatable bonds is 1. The van der Waals surface area contributed by atoms with Gasteiger partial charge in [-0.3, -0.25) is 0 Å². The molecule has 0 spiro atoms. The Morgan fingerprint density at radius 2 is 2.12 bits per heavy atom. The second kappa shape index (κ2) is 3.55. The van der Waals surface area contributed by atoms with Crippen LogP contribution in [0.1, 0.15) is 0 Å². The molecule has 0 aromatic rings. The van der Waals surface area contributed by atoms with Crippen molar-refractivity contribution in [2.24, 2.45) is 0 Å². The molecule has 0 heterocycles. The first-order chi connectivity index (χ1) is 3.48. The Morgan fingerprint density at radius 1 is 1.75 bits per heavy atom. The molecule has 0 aliphatic carbocycles. The van der Waals surface area contributed by atoms with Gasteiger partial charge in [0.1, 0.15) is 0 Å². The summed E-state index contributed by atoms with van der Waals surface area (Å²) in [6.45, 7) is 0. The molecule has 48 valence electrons. The van der Waals surface area contributed by atoms with Crippen molar-refractivity contribution in [3.63, 3.8) is 0 Å². The van der Waals surface area contributed by atoms with Crippen LogP contribution in [0, 0.1) is 0 Å². The number of hydrogen-bond acceptors (Lipinski definition) is 2. The van der Waals surface area contributed by atoms with E-state index in [0.717, 1.165) is 0 Å². The third kappa shape index (κ3) is 3.44. The Morgan fingerprint density at radius 3 is 2.12 bits per heavy atom. The highest BCUT2D eigenvalue weighted by Crippen LogP contribution is 2.35. The molecule has 0 aliphatic heterocycles. The SMILES string of the molecule is COC(=O)C(Br)(I)I. The van der Waals surface area contributed by atoms with Gasteiger partial charge in [-0.05, 0) is 61.1 Å². The van der Waals surface area contributed by atoms with Crippen molar-refractivity contribution in [1.82, 2.24) is 0 Å². The molecule has 0 aromatic heterocycles. The quantitative estimate of drug-likeness (QED) is 0.380. The van der Waals surface area contributed by atoms with Crippen LogP contribution in [0.4, 0.5) is 0 Å². The van der Waals surface area contributed by atoms with Crippen molar-refractivity contribution in [3.8, 4) is 0 Å². The lowest BCUT2D eigenvalue weighted by Crippen LogP contribution is -2.17. The molecule has 0 saturated carbocycles. The van der Waals surface area contributed by atoms with E-state index in [9.17, 15) is 4.79 Å². The minimum absolute atomic E-state index is 0.279. The number of esters is 1. The fraction of sp³-hybridized carbons (Fsp3) is 0.667. The molecule has 0 N–H and O–H groups in total. The van der Waals surface area contributed by atoms with E-state index < -0.39 is 0.338 Å². The molecule has 0 fully saturated rings. The van der Waals surface area contributed by atoms with E-state index in [0.29, 0.717) is 0 Å². The molecule has 0 atom stereocenters. The lowest BCUT2D eigenvalue weighted by Gasteiger charge is -2.06. The van der Waals surface area contributed by atoms with Gasteiger partial charge in [0.25, 0.3) is 0 Å². The number of carbonyl (C=O) groups excluding carboxylic acids is 1. The molecule has 0 aromatic carbocycles. The highest BCUT2D eigenvalue weighted by molar-refractivity contribution is 14.2. The van der Waals surface area contributed by atoms with Gasteiger partial charge in [0.2, 0.25) is 0.338 Å². The Hall–Kier alpha value is 1.41. The normalized spacial score (nSPS) is 11.0. The van der Waals surface area contributed by atoms with Crippen LogP contribution in [-0.4, -0.2) is 13.4 Å². The van der Waals surface area contributed by atoms with Gasteiger partial charge < -0.3 is 4.74 Å². The highest BCUT2D eigenvalue weighted by Gasteiger charge is 2.28. The number of methoxy groups -OCH3 is 1. The zero-order valence-electron chi connectivity index (χ0n) is 3.95.